The molecule has 2 aromatic rings. The zero-order chi connectivity index (χ0) is 16.9. The molecule has 0 saturated carbocycles. The number of nitrogens with zero attached hydrogens (tertiary/aromatic N) is 3. The molecule has 2 heterocycles. The van der Waals surface area contributed by atoms with Crippen molar-refractivity contribution in [3.63, 3.8) is 0 Å². The number of hydrogen-bond donors (Lipinski definition) is 1. The van der Waals surface area contributed by atoms with Gasteiger partial charge in [0, 0.05) is 50.8 Å². The molecular weight excluding hydrogens is 300 g/mol. The van der Waals surface area contributed by atoms with E-state index in [0.29, 0.717) is 0 Å². The number of rotatable bonds is 3. The average molecular weight is 324 g/mol. The van der Waals surface area contributed by atoms with Crippen LogP contribution in [-0.2, 0) is 6.54 Å². The second-order valence-corrected chi connectivity index (χ2v) is 6.35. The highest BCUT2D eigenvalue weighted by Gasteiger charge is 2.21. The number of pyridine rings is 1. The van der Waals surface area contributed by atoms with Crippen LogP contribution in [0.25, 0.3) is 0 Å². The number of carbonyl (C=O) groups excluding carboxylic acids is 1. The van der Waals surface area contributed by atoms with Gasteiger partial charge in [0.05, 0.1) is 0 Å². The lowest BCUT2D eigenvalue weighted by Gasteiger charge is -2.34. The zero-order valence-corrected chi connectivity index (χ0v) is 14.3. The van der Waals surface area contributed by atoms with Gasteiger partial charge in [-0.2, -0.15) is 0 Å². The van der Waals surface area contributed by atoms with Crippen LogP contribution in [0, 0.1) is 13.8 Å². The lowest BCUT2D eigenvalue weighted by Crippen LogP contribution is -2.49. The molecule has 1 aromatic heterocycles. The maximum absolute atomic E-state index is 12.4. The van der Waals surface area contributed by atoms with Crippen LogP contribution in [0.3, 0.4) is 0 Å². The number of hydrogen-bond acceptors (Lipinski definition) is 3. The zero-order valence-electron chi connectivity index (χ0n) is 14.3. The van der Waals surface area contributed by atoms with E-state index in [0.717, 1.165) is 38.4 Å². The van der Waals surface area contributed by atoms with Crippen molar-refractivity contribution in [2.75, 3.05) is 31.5 Å². The van der Waals surface area contributed by atoms with E-state index >= 15 is 0 Å². The fourth-order valence-electron chi connectivity index (χ4n) is 2.88. The fourth-order valence-corrected chi connectivity index (χ4v) is 2.88. The Kier molecular flexibility index (Phi) is 5.11. The molecule has 1 aliphatic rings. The molecule has 24 heavy (non-hydrogen) atoms. The number of aryl methyl sites for hydroxylation is 2. The summed E-state index contributed by atoms with van der Waals surface area (Å²) in [5.41, 5.74) is 4.55. The van der Waals surface area contributed by atoms with E-state index in [4.69, 9.17) is 0 Å². The topological polar surface area (TPSA) is 48.5 Å². The third-order valence-electron chi connectivity index (χ3n) is 4.57. The summed E-state index contributed by atoms with van der Waals surface area (Å²) in [6.07, 6.45) is 3.64. The number of aromatic nitrogens is 1. The van der Waals surface area contributed by atoms with Gasteiger partial charge in [-0.25, -0.2) is 4.79 Å². The van der Waals surface area contributed by atoms with Crippen LogP contribution in [0.5, 0.6) is 0 Å². The molecule has 126 valence electrons. The van der Waals surface area contributed by atoms with Crippen molar-refractivity contribution in [1.29, 1.82) is 0 Å². The Morgan fingerprint density at radius 1 is 1.04 bits per heavy atom. The van der Waals surface area contributed by atoms with Gasteiger partial charge in [0.2, 0.25) is 0 Å². The van der Waals surface area contributed by atoms with Gasteiger partial charge in [-0.05, 0) is 54.8 Å². The summed E-state index contributed by atoms with van der Waals surface area (Å²) in [5, 5.41) is 3.00. The van der Waals surface area contributed by atoms with Gasteiger partial charge < -0.3 is 10.2 Å². The molecule has 0 aliphatic carbocycles. The molecule has 5 nitrogen and oxygen atoms in total. The Morgan fingerprint density at radius 3 is 2.42 bits per heavy atom. The lowest BCUT2D eigenvalue weighted by molar-refractivity contribution is 0.143. The Hall–Kier alpha value is -2.40. The van der Waals surface area contributed by atoms with E-state index < -0.39 is 0 Å². The quantitative estimate of drug-likeness (QED) is 0.944. The molecule has 5 heteroatoms. The molecule has 1 N–H and O–H groups in total. The van der Waals surface area contributed by atoms with Gasteiger partial charge in [0.1, 0.15) is 0 Å². The monoisotopic (exact) mass is 324 g/mol. The number of urea groups is 1. The first kappa shape index (κ1) is 16.5. The Morgan fingerprint density at radius 2 is 1.75 bits per heavy atom. The van der Waals surface area contributed by atoms with Crippen molar-refractivity contribution in [2.24, 2.45) is 0 Å². The largest absolute Gasteiger partial charge is 0.322 e. The maximum Gasteiger partial charge on any atom is 0.321 e. The minimum Gasteiger partial charge on any atom is -0.322 e. The number of nitrogens with one attached hydrogen (secondary N) is 1. The first-order chi connectivity index (χ1) is 11.6. The first-order valence-electron chi connectivity index (χ1n) is 8.36. The van der Waals surface area contributed by atoms with Crippen LogP contribution in [0.1, 0.15) is 16.7 Å². The number of anilines is 1. The van der Waals surface area contributed by atoms with Crippen LogP contribution in [0.2, 0.25) is 0 Å². The normalized spacial score (nSPS) is 15.3. The Bertz CT molecular complexity index is 694. The molecule has 3 rings (SSSR count). The molecular formula is C19H24N4O. The van der Waals surface area contributed by atoms with Gasteiger partial charge >= 0.3 is 6.03 Å². The van der Waals surface area contributed by atoms with Crippen LogP contribution >= 0.6 is 0 Å². The van der Waals surface area contributed by atoms with E-state index in [1.54, 1.807) is 0 Å². The van der Waals surface area contributed by atoms with E-state index in [1.807, 2.05) is 47.6 Å². The number of carbonyl (C=O) groups is 1. The smallest absolute Gasteiger partial charge is 0.321 e. The molecule has 0 spiro atoms. The summed E-state index contributed by atoms with van der Waals surface area (Å²) in [6.45, 7) is 8.33. The number of piperazine rings is 1. The number of amides is 2. The van der Waals surface area contributed by atoms with Crippen LogP contribution in [0.15, 0.2) is 42.7 Å². The predicted octanol–water partition coefficient (Wildman–Crippen LogP) is 3.05. The van der Waals surface area contributed by atoms with Crippen LogP contribution in [-0.4, -0.2) is 47.0 Å². The van der Waals surface area contributed by atoms with Crippen molar-refractivity contribution in [2.45, 2.75) is 20.4 Å². The molecule has 1 saturated heterocycles. The van der Waals surface area contributed by atoms with Gasteiger partial charge in [-0.3, -0.25) is 9.88 Å². The Balaban J connectivity index is 1.50. The van der Waals surface area contributed by atoms with Gasteiger partial charge in [0.15, 0.2) is 0 Å². The minimum absolute atomic E-state index is 0.0122. The fraction of sp³-hybridized carbons (Fsp3) is 0.368. The second kappa shape index (κ2) is 7.45. The van der Waals surface area contributed by atoms with Crippen molar-refractivity contribution < 1.29 is 4.79 Å². The highest BCUT2D eigenvalue weighted by Crippen LogP contribution is 2.15. The summed E-state index contributed by atoms with van der Waals surface area (Å²) >= 11 is 0. The molecule has 1 aliphatic heterocycles. The van der Waals surface area contributed by atoms with Crippen LogP contribution < -0.4 is 5.32 Å². The highest BCUT2D eigenvalue weighted by atomic mass is 16.2. The summed E-state index contributed by atoms with van der Waals surface area (Å²) in [4.78, 5) is 20.7. The molecule has 0 atom stereocenters. The second-order valence-electron chi connectivity index (χ2n) is 6.35. The van der Waals surface area contributed by atoms with E-state index in [2.05, 4.69) is 29.0 Å². The first-order valence-corrected chi connectivity index (χ1v) is 8.36. The summed E-state index contributed by atoms with van der Waals surface area (Å²) in [5.74, 6) is 0. The summed E-state index contributed by atoms with van der Waals surface area (Å²) in [7, 11) is 0. The third kappa shape index (κ3) is 4.11. The van der Waals surface area contributed by atoms with Crippen molar-refractivity contribution >= 4 is 11.7 Å². The molecule has 1 fully saturated rings. The SMILES string of the molecule is Cc1ccc(NC(=O)N2CCN(Cc3ccncc3)CC2)cc1C. The van der Waals surface area contributed by atoms with Crippen molar-refractivity contribution in [3.8, 4) is 0 Å². The van der Waals surface area contributed by atoms with E-state index in [1.165, 1.54) is 16.7 Å². The summed E-state index contributed by atoms with van der Waals surface area (Å²) < 4.78 is 0. The number of benzene rings is 1. The maximum atomic E-state index is 12.4. The minimum atomic E-state index is -0.0122. The molecule has 0 bridgehead atoms. The van der Waals surface area contributed by atoms with Crippen molar-refractivity contribution in [1.82, 2.24) is 14.8 Å². The third-order valence-corrected chi connectivity index (χ3v) is 4.57. The molecule has 0 radical (unpaired) electrons. The predicted molar refractivity (Wildman–Crippen MR) is 96.0 cm³/mol. The van der Waals surface area contributed by atoms with E-state index in [9.17, 15) is 4.79 Å². The van der Waals surface area contributed by atoms with Crippen LogP contribution in [0.4, 0.5) is 10.5 Å². The lowest BCUT2D eigenvalue weighted by atomic mass is 10.1. The molecule has 1 aromatic carbocycles. The Labute approximate surface area is 143 Å². The molecule has 2 amide bonds. The van der Waals surface area contributed by atoms with Gasteiger partial charge in [-0.15, -0.1) is 0 Å². The van der Waals surface area contributed by atoms with Gasteiger partial charge in [-0.1, -0.05) is 6.07 Å². The molecule has 0 unspecified atom stereocenters. The standard InChI is InChI=1S/C19H24N4O/c1-15-3-4-18(13-16(15)2)21-19(24)23-11-9-22(10-12-23)14-17-5-7-20-8-6-17/h3-8,13H,9-12,14H2,1-2H3,(H,21,24). The summed E-state index contributed by atoms with van der Waals surface area (Å²) in [6, 6.07) is 10.1. The van der Waals surface area contributed by atoms with E-state index in [-0.39, 0.29) is 6.03 Å². The average Bonchev–Trinajstić information content (AvgIpc) is 2.60. The van der Waals surface area contributed by atoms with Gasteiger partial charge in [0.25, 0.3) is 0 Å². The highest BCUT2D eigenvalue weighted by molar-refractivity contribution is 5.89. The van der Waals surface area contributed by atoms with Crippen molar-refractivity contribution in [3.05, 3.63) is 59.4 Å².